The summed E-state index contributed by atoms with van der Waals surface area (Å²) >= 11 is 10.4. The van der Waals surface area contributed by atoms with Gasteiger partial charge in [0.25, 0.3) is 0 Å². The number of alkyl halides is 1. The van der Waals surface area contributed by atoms with Crippen molar-refractivity contribution in [1.82, 2.24) is 9.55 Å². The number of H-pyrrole nitrogens is 1. The van der Waals surface area contributed by atoms with Crippen molar-refractivity contribution >= 4 is 91.4 Å². The van der Waals surface area contributed by atoms with Gasteiger partial charge < -0.3 is 11.0 Å². The van der Waals surface area contributed by atoms with E-state index in [1.807, 2.05) is 6.07 Å². The third kappa shape index (κ3) is 7.56. The van der Waals surface area contributed by atoms with Crippen LogP contribution in [0.4, 0.5) is 0 Å². The molecule has 194 valence electrons. The fraction of sp³-hybridized carbons (Fsp3) is 0.250. The molecule has 0 amide bonds. The summed E-state index contributed by atoms with van der Waals surface area (Å²) in [5.41, 5.74) is 5.03. The van der Waals surface area contributed by atoms with Gasteiger partial charge in [-0.25, -0.2) is 0 Å². The molecule has 0 saturated heterocycles. The van der Waals surface area contributed by atoms with Crippen molar-refractivity contribution in [2.45, 2.75) is 34.2 Å². The first kappa shape index (κ1) is 31.4. The maximum atomic E-state index is 3.58. The molecule has 6 rings (SSSR count). The zero-order chi connectivity index (χ0) is 26.5. The number of nitrogens with one attached hydrogen (secondary N) is 1. The Morgan fingerprint density at radius 1 is 0.658 bits per heavy atom. The molecular formula is C32H34Br3N2Na. The third-order valence-electron chi connectivity index (χ3n) is 6.06. The van der Waals surface area contributed by atoms with E-state index < -0.39 is 0 Å². The molecule has 2 heterocycles. The van der Waals surface area contributed by atoms with E-state index in [0.29, 0.717) is 5.92 Å². The van der Waals surface area contributed by atoms with E-state index >= 15 is 0 Å². The molecule has 0 radical (unpaired) electrons. The Labute approximate surface area is 274 Å². The van der Waals surface area contributed by atoms with Gasteiger partial charge in [0.05, 0.1) is 5.52 Å². The van der Waals surface area contributed by atoms with Crippen molar-refractivity contribution in [3.05, 3.63) is 93.9 Å². The monoisotopic (exact) mass is 706 g/mol. The molecule has 6 heteroatoms. The van der Waals surface area contributed by atoms with Crippen LogP contribution in [0.5, 0.6) is 0 Å². The number of fused-ring (bicyclic) bond motifs is 6. The van der Waals surface area contributed by atoms with Crippen LogP contribution >= 0.6 is 47.8 Å². The molecule has 0 unspecified atom stereocenters. The molecule has 0 bridgehead atoms. The number of benzene rings is 4. The quantitative estimate of drug-likeness (QED) is 0.141. The molecule has 4 aromatic carbocycles. The number of hydrogen-bond acceptors (Lipinski definition) is 0. The van der Waals surface area contributed by atoms with Crippen molar-refractivity contribution in [3.63, 3.8) is 0 Å². The second-order valence-corrected chi connectivity index (χ2v) is 12.6. The third-order valence-corrected chi connectivity index (χ3v) is 8.34. The molecule has 38 heavy (non-hydrogen) atoms. The van der Waals surface area contributed by atoms with Crippen LogP contribution in [0.1, 0.15) is 29.1 Å². The topological polar surface area (TPSA) is 20.7 Å². The molecule has 0 fully saturated rings. The summed E-state index contributed by atoms with van der Waals surface area (Å²) in [4.78, 5) is 3.39. The summed E-state index contributed by atoms with van der Waals surface area (Å²) in [6.07, 6.45) is 0. The molecule has 6 aromatic rings. The van der Waals surface area contributed by atoms with Gasteiger partial charge in [-0.05, 0) is 48.2 Å². The number of rotatable bonds is 3. The second kappa shape index (κ2) is 14.5. The van der Waals surface area contributed by atoms with Crippen LogP contribution in [-0.4, -0.2) is 14.9 Å². The van der Waals surface area contributed by atoms with E-state index in [2.05, 4.69) is 164 Å². The Morgan fingerprint density at radius 3 is 1.84 bits per heavy atom. The predicted molar refractivity (Wildman–Crippen MR) is 175 cm³/mol. The SMILES string of the molecule is Brc1ccc2c(c1)[nH]c1ccccc12.CC(C)CBr.CC(C)Cn1c2ccccc2c2ccc(Br)cc21.[H-].[Na+]. The number of para-hydroxylation sites is 2. The van der Waals surface area contributed by atoms with E-state index in [4.69, 9.17) is 0 Å². The van der Waals surface area contributed by atoms with Crippen LogP contribution in [0, 0.1) is 11.8 Å². The summed E-state index contributed by atoms with van der Waals surface area (Å²) < 4.78 is 4.68. The van der Waals surface area contributed by atoms with Gasteiger partial charge >= 0.3 is 29.6 Å². The van der Waals surface area contributed by atoms with Crippen molar-refractivity contribution in [1.29, 1.82) is 0 Å². The molecule has 2 nitrogen and oxygen atoms in total. The van der Waals surface area contributed by atoms with Gasteiger partial charge in [0.15, 0.2) is 0 Å². The Morgan fingerprint density at radius 2 is 1.18 bits per heavy atom. The van der Waals surface area contributed by atoms with Gasteiger partial charge in [0.2, 0.25) is 0 Å². The Balaban J connectivity index is 0.000000228. The molecule has 0 atom stereocenters. The molecule has 0 aliphatic rings. The minimum absolute atomic E-state index is 0. The molecular weight excluding hydrogens is 675 g/mol. The van der Waals surface area contributed by atoms with E-state index in [1.165, 1.54) is 43.6 Å². The van der Waals surface area contributed by atoms with Gasteiger partial charge in [-0.1, -0.05) is 124 Å². The summed E-state index contributed by atoms with van der Waals surface area (Å²) in [5.74, 6) is 1.44. The first-order chi connectivity index (χ1) is 17.8. The van der Waals surface area contributed by atoms with Crippen LogP contribution in [0.15, 0.2) is 93.9 Å². The first-order valence-corrected chi connectivity index (χ1v) is 15.4. The van der Waals surface area contributed by atoms with E-state index in [9.17, 15) is 0 Å². The molecule has 1 N–H and O–H groups in total. The molecule has 0 aliphatic carbocycles. The maximum absolute atomic E-state index is 3.58. The zero-order valence-electron chi connectivity index (χ0n) is 23.7. The van der Waals surface area contributed by atoms with Gasteiger partial charge in [-0.3, -0.25) is 0 Å². The minimum Gasteiger partial charge on any atom is -1.00 e. The number of aromatic nitrogens is 2. The maximum Gasteiger partial charge on any atom is 1.00 e. The van der Waals surface area contributed by atoms with Crippen molar-refractivity contribution in [2.24, 2.45) is 11.8 Å². The van der Waals surface area contributed by atoms with Crippen LogP contribution in [0.25, 0.3) is 43.6 Å². The normalized spacial score (nSPS) is 11.0. The van der Waals surface area contributed by atoms with E-state index in [-0.39, 0.29) is 31.0 Å². The smallest absolute Gasteiger partial charge is 1.00 e. The molecule has 2 aromatic heterocycles. The van der Waals surface area contributed by atoms with Gasteiger partial charge in [-0.15, -0.1) is 0 Å². The average Bonchev–Trinajstić information content (AvgIpc) is 3.39. The van der Waals surface area contributed by atoms with Crippen LogP contribution in [-0.2, 0) is 6.54 Å². The van der Waals surface area contributed by atoms with Gasteiger partial charge in [0.1, 0.15) is 0 Å². The van der Waals surface area contributed by atoms with Gasteiger partial charge in [0, 0.05) is 58.9 Å². The molecule has 0 saturated carbocycles. The Bertz CT molecular complexity index is 1640. The second-order valence-electron chi connectivity index (χ2n) is 10.1. The molecule has 0 aliphatic heterocycles. The van der Waals surface area contributed by atoms with Crippen molar-refractivity contribution < 1.29 is 31.0 Å². The summed E-state index contributed by atoms with van der Waals surface area (Å²) in [6.45, 7) is 9.93. The van der Waals surface area contributed by atoms with Crippen molar-refractivity contribution in [3.8, 4) is 0 Å². The summed E-state index contributed by atoms with van der Waals surface area (Å²) in [5, 5.41) is 6.38. The van der Waals surface area contributed by atoms with E-state index in [1.54, 1.807) is 0 Å². The number of nitrogens with zero attached hydrogens (tertiary/aromatic N) is 1. The number of aromatic amines is 1. The fourth-order valence-corrected chi connectivity index (χ4v) is 5.12. The van der Waals surface area contributed by atoms with Crippen LogP contribution < -0.4 is 29.6 Å². The summed E-state index contributed by atoms with van der Waals surface area (Å²) in [7, 11) is 0. The Kier molecular flexibility index (Phi) is 12.0. The average molecular weight is 709 g/mol. The standard InChI is InChI=1S/C16H16BrN.C12H8BrN.C4H9Br.Na.H/c1-11(2)10-18-15-6-4-3-5-13(15)14-8-7-12(17)9-16(14)18;13-8-5-6-10-9-3-1-2-4-11(9)14-12(10)7-8;1-4(2)3-5;;/h3-9,11H,10H2,1-2H3;1-7,14H;4H,3H2,1-2H3;;/q;;;+1;-1. The zero-order valence-corrected chi connectivity index (χ0v) is 29.5. The first-order valence-electron chi connectivity index (χ1n) is 12.7. The van der Waals surface area contributed by atoms with E-state index in [0.717, 1.165) is 26.7 Å². The van der Waals surface area contributed by atoms with Crippen LogP contribution in [0.3, 0.4) is 0 Å². The number of halogens is 3. The Hall–Kier alpha value is -1.08. The largest absolute Gasteiger partial charge is 1.00 e. The molecule has 0 spiro atoms. The fourth-order valence-electron chi connectivity index (χ4n) is 4.41. The van der Waals surface area contributed by atoms with Gasteiger partial charge in [-0.2, -0.15) is 0 Å². The predicted octanol–water partition coefficient (Wildman–Crippen LogP) is 8.45. The number of hydrogen-bond donors (Lipinski definition) is 1. The summed E-state index contributed by atoms with van der Waals surface area (Å²) in [6, 6.07) is 29.9. The van der Waals surface area contributed by atoms with Crippen LogP contribution in [0.2, 0.25) is 0 Å². The minimum atomic E-state index is 0. The van der Waals surface area contributed by atoms with Crippen molar-refractivity contribution in [2.75, 3.05) is 5.33 Å².